The lowest BCUT2D eigenvalue weighted by Gasteiger charge is -2.03. The molecule has 0 N–H and O–H groups in total. The lowest BCUT2D eigenvalue weighted by atomic mass is 10.3. The lowest BCUT2D eigenvalue weighted by molar-refractivity contribution is 0.271. The molecule has 3 aromatic rings. The molecule has 0 amide bonds. The van der Waals surface area contributed by atoms with E-state index in [1.54, 1.807) is 13.0 Å². The lowest BCUT2D eigenvalue weighted by Crippen LogP contribution is -1.93. The van der Waals surface area contributed by atoms with Crippen LogP contribution >= 0.6 is 22.6 Å². The first-order chi connectivity index (χ1) is 9.70. The first kappa shape index (κ1) is 13.2. The van der Waals surface area contributed by atoms with E-state index in [9.17, 15) is 0 Å². The molecule has 20 heavy (non-hydrogen) atoms. The molecule has 6 heteroatoms. The second kappa shape index (κ2) is 5.66. The van der Waals surface area contributed by atoms with E-state index in [1.165, 1.54) is 3.57 Å². The highest BCUT2D eigenvalue weighted by molar-refractivity contribution is 14.1. The summed E-state index contributed by atoms with van der Waals surface area (Å²) in [7, 11) is 0. The third-order valence-electron chi connectivity index (χ3n) is 2.59. The van der Waals surface area contributed by atoms with Crippen molar-refractivity contribution < 1.29 is 13.6 Å². The number of halogens is 1. The van der Waals surface area contributed by atoms with Crippen molar-refractivity contribution in [3.63, 3.8) is 0 Å². The van der Waals surface area contributed by atoms with Gasteiger partial charge in [0.1, 0.15) is 18.1 Å². The highest BCUT2D eigenvalue weighted by Crippen LogP contribution is 2.22. The number of hydrogen-bond donors (Lipinski definition) is 0. The molecule has 0 radical (unpaired) electrons. The Bertz CT molecular complexity index is 703. The second-order valence-corrected chi connectivity index (χ2v) is 5.38. The van der Waals surface area contributed by atoms with Crippen LogP contribution in [0.3, 0.4) is 0 Å². The molecule has 0 aliphatic carbocycles. The Hall–Kier alpha value is -1.83. The first-order valence-electron chi connectivity index (χ1n) is 5.98. The van der Waals surface area contributed by atoms with E-state index in [4.69, 9.17) is 13.6 Å². The van der Waals surface area contributed by atoms with E-state index in [2.05, 4.69) is 32.8 Å². The highest BCUT2D eigenvalue weighted by atomic mass is 127. The van der Waals surface area contributed by atoms with Gasteiger partial charge in [0.15, 0.2) is 5.76 Å². The summed E-state index contributed by atoms with van der Waals surface area (Å²) in [6.45, 7) is 2.09. The zero-order valence-corrected chi connectivity index (χ0v) is 12.8. The molecule has 102 valence electrons. The van der Waals surface area contributed by atoms with Crippen LogP contribution in [0.5, 0.6) is 5.75 Å². The number of furan rings is 1. The van der Waals surface area contributed by atoms with Crippen molar-refractivity contribution in [1.29, 1.82) is 0 Å². The molecule has 0 aliphatic rings. The van der Waals surface area contributed by atoms with Gasteiger partial charge in [-0.1, -0.05) is 0 Å². The van der Waals surface area contributed by atoms with Crippen LogP contribution in [0.15, 0.2) is 45.2 Å². The zero-order valence-electron chi connectivity index (χ0n) is 10.7. The quantitative estimate of drug-likeness (QED) is 0.642. The summed E-state index contributed by atoms with van der Waals surface area (Å²) in [5, 5.41) is 7.67. The molecule has 0 fully saturated rings. The summed E-state index contributed by atoms with van der Waals surface area (Å²) < 4.78 is 17.7. The average molecular weight is 382 g/mol. The van der Waals surface area contributed by atoms with E-state index < -0.39 is 0 Å². The van der Waals surface area contributed by atoms with Crippen LogP contribution in [0.2, 0.25) is 0 Å². The molecule has 0 unspecified atom stereocenters. The largest absolute Gasteiger partial charge is 0.486 e. The van der Waals surface area contributed by atoms with Gasteiger partial charge in [-0.25, -0.2) is 0 Å². The van der Waals surface area contributed by atoms with Crippen molar-refractivity contribution in [3.05, 3.63) is 51.6 Å². The van der Waals surface area contributed by atoms with E-state index in [1.807, 2.05) is 30.3 Å². The van der Waals surface area contributed by atoms with Gasteiger partial charge < -0.3 is 13.6 Å². The fourth-order valence-electron chi connectivity index (χ4n) is 1.65. The normalized spacial score (nSPS) is 10.7. The predicted octanol–water partition coefficient (Wildman–Crippen LogP) is 3.82. The summed E-state index contributed by atoms with van der Waals surface area (Å²) in [6, 6.07) is 11.5. The van der Waals surface area contributed by atoms with Crippen LogP contribution in [0.25, 0.3) is 11.7 Å². The van der Waals surface area contributed by atoms with E-state index in [0.717, 1.165) is 5.75 Å². The van der Waals surface area contributed by atoms with Crippen molar-refractivity contribution in [2.24, 2.45) is 0 Å². The number of benzene rings is 1. The van der Waals surface area contributed by atoms with Crippen molar-refractivity contribution in [3.8, 4) is 17.4 Å². The number of ether oxygens (including phenoxy) is 1. The van der Waals surface area contributed by atoms with Crippen molar-refractivity contribution in [2.45, 2.75) is 13.5 Å². The van der Waals surface area contributed by atoms with Crippen molar-refractivity contribution >= 4 is 22.6 Å². The molecule has 0 spiro atoms. The van der Waals surface area contributed by atoms with Crippen LogP contribution in [0.1, 0.15) is 11.7 Å². The smallest absolute Gasteiger partial charge is 0.283 e. The van der Waals surface area contributed by atoms with Crippen molar-refractivity contribution in [2.75, 3.05) is 0 Å². The summed E-state index contributed by atoms with van der Waals surface area (Å²) in [5.74, 6) is 2.94. The molecule has 0 saturated heterocycles. The average Bonchev–Trinajstić information content (AvgIpc) is 3.07. The number of rotatable bonds is 4. The van der Waals surface area contributed by atoms with Gasteiger partial charge in [-0.15, -0.1) is 10.2 Å². The van der Waals surface area contributed by atoms with Crippen LogP contribution in [0, 0.1) is 10.5 Å². The molecular formula is C14H11IN2O3. The van der Waals surface area contributed by atoms with Gasteiger partial charge in [0.25, 0.3) is 5.89 Å². The fourth-order valence-corrected chi connectivity index (χ4v) is 2.01. The van der Waals surface area contributed by atoms with Gasteiger partial charge in [0, 0.05) is 10.5 Å². The topological polar surface area (TPSA) is 61.3 Å². The Morgan fingerprint density at radius 2 is 1.85 bits per heavy atom. The molecule has 0 aliphatic heterocycles. The minimum Gasteiger partial charge on any atom is -0.486 e. The van der Waals surface area contributed by atoms with Gasteiger partial charge in [0.2, 0.25) is 5.89 Å². The maximum atomic E-state index is 5.64. The number of aryl methyl sites for hydroxylation is 1. The Morgan fingerprint density at radius 3 is 2.55 bits per heavy atom. The monoisotopic (exact) mass is 382 g/mol. The molecule has 2 heterocycles. The van der Waals surface area contributed by atoms with Gasteiger partial charge in [-0.3, -0.25) is 0 Å². The summed E-state index contributed by atoms with van der Waals surface area (Å²) in [6.07, 6.45) is 0. The molecule has 0 bridgehead atoms. The van der Waals surface area contributed by atoms with Gasteiger partial charge in [-0.05, 0) is 59.0 Å². The van der Waals surface area contributed by atoms with Crippen LogP contribution in [-0.4, -0.2) is 10.2 Å². The molecule has 2 aromatic heterocycles. The van der Waals surface area contributed by atoms with E-state index in [0.29, 0.717) is 29.9 Å². The fraction of sp³-hybridized carbons (Fsp3) is 0.143. The van der Waals surface area contributed by atoms with Crippen LogP contribution in [-0.2, 0) is 6.61 Å². The summed E-state index contributed by atoms with van der Waals surface area (Å²) in [4.78, 5) is 0. The highest BCUT2D eigenvalue weighted by Gasteiger charge is 2.11. The third kappa shape index (κ3) is 3.01. The predicted molar refractivity (Wildman–Crippen MR) is 80.2 cm³/mol. The van der Waals surface area contributed by atoms with Gasteiger partial charge in [0.05, 0.1) is 0 Å². The Labute approximate surface area is 129 Å². The van der Waals surface area contributed by atoms with Gasteiger partial charge >= 0.3 is 0 Å². The standard InChI is InChI=1S/C14H11IN2O3/c1-9-16-17-14(19-9)13-7-6-12(20-13)8-18-11-4-2-10(15)3-5-11/h2-7H,8H2,1H3. The van der Waals surface area contributed by atoms with E-state index in [-0.39, 0.29) is 0 Å². The molecule has 1 aromatic carbocycles. The SMILES string of the molecule is Cc1nnc(-c2ccc(COc3ccc(I)cc3)o2)o1. The Morgan fingerprint density at radius 1 is 1.05 bits per heavy atom. The third-order valence-corrected chi connectivity index (χ3v) is 3.31. The number of nitrogens with zero attached hydrogens (tertiary/aromatic N) is 2. The summed E-state index contributed by atoms with van der Waals surface area (Å²) >= 11 is 2.25. The Balaban J connectivity index is 1.67. The van der Waals surface area contributed by atoms with Crippen LogP contribution < -0.4 is 4.74 Å². The van der Waals surface area contributed by atoms with E-state index >= 15 is 0 Å². The van der Waals surface area contributed by atoms with Gasteiger partial charge in [-0.2, -0.15) is 0 Å². The minimum atomic E-state index is 0.355. The Kier molecular flexibility index (Phi) is 3.72. The molecule has 0 atom stereocenters. The molecule has 5 nitrogen and oxygen atoms in total. The maximum Gasteiger partial charge on any atom is 0.283 e. The van der Waals surface area contributed by atoms with Crippen molar-refractivity contribution in [1.82, 2.24) is 10.2 Å². The first-order valence-corrected chi connectivity index (χ1v) is 7.06. The molecule has 0 saturated carbocycles. The summed E-state index contributed by atoms with van der Waals surface area (Å²) in [5.41, 5.74) is 0. The number of hydrogen-bond acceptors (Lipinski definition) is 5. The van der Waals surface area contributed by atoms with Crippen LogP contribution in [0.4, 0.5) is 0 Å². The zero-order chi connectivity index (χ0) is 13.9. The molecular weight excluding hydrogens is 371 g/mol. The number of aromatic nitrogens is 2. The maximum absolute atomic E-state index is 5.64. The molecule has 3 rings (SSSR count). The second-order valence-electron chi connectivity index (χ2n) is 4.13. The minimum absolute atomic E-state index is 0.355.